The first-order valence-corrected chi connectivity index (χ1v) is 11.8. The van der Waals surface area contributed by atoms with Crippen molar-refractivity contribution < 1.29 is 19.1 Å². The number of methoxy groups -OCH3 is 1. The van der Waals surface area contributed by atoms with E-state index in [-0.39, 0.29) is 18.4 Å². The van der Waals surface area contributed by atoms with Crippen LogP contribution in [-0.4, -0.2) is 67.4 Å². The Labute approximate surface area is 197 Å². The Hall–Kier alpha value is -2.42. The molecule has 0 bridgehead atoms. The van der Waals surface area contributed by atoms with Gasteiger partial charge in [0.05, 0.1) is 13.7 Å². The number of carbonyl (C=O) groups is 3. The molecule has 32 heavy (non-hydrogen) atoms. The maximum absolute atomic E-state index is 12.7. The van der Waals surface area contributed by atoms with E-state index in [0.29, 0.717) is 65.2 Å². The van der Waals surface area contributed by atoms with Gasteiger partial charge in [-0.3, -0.25) is 14.5 Å². The number of piperazine rings is 1. The summed E-state index contributed by atoms with van der Waals surface area (Å²) in [5, 5.41) is 5.60. The van der Waals surface area contributed by atoms with Crippen LogP contribution in [0.3, 0.4) is 0 Å². The molecule has 172 valence electrons. The third kappa shape index (κ3) is 5.88. The van der Waals surface area contributed by atoms with Crippen molar-refractivity contribution in [3.8, 4) is 11.1 Å². The molecule has 0 unspecified atom stereocenters. The number of anilines is 1. The van der Waals surface area contributed by atoms with Crippen molar-refractivity contribution in [2.75, 3.05) is 45.2 Å². The summed E-state index contributed by atoms with van der Waals surface area (Å²) < 4.78 is 4.96. The van der Waals surface area contributed by atoms with Crippen molar-refractivity contribution in [2.24, 2.45) is 5.92 Å². The number of nitrogens with zero attached hydrogens (tertiary/aromatic N) is 2. The smallest absolute Gasteiger partial charge is 0.341 e. The largest absolute Gasteiger partial charge is 0.465 e. The van der Waals surface area contributed by atoms with Crippen LogP contribution in [0.1, 0.15) is 30.6 Å². The number of thiophene rings is 1. The van der Waals surface area contributed by atoms with E-state index in [1.54, 1.807) is 11.4 Å². The van der Waals surface area contributed by atoms with Crippen LogP contribution in [-0.2, 0) is 14.3 Å². The van der Waals surface area contributed by atoms with Crippen LogP contribution in [0.15, 0.2) is 29.6 Å². The molecule has 1 aromatic carbocycles. The highest BCUT2D eigenvalue weighted by atomic mass is 35.5. The maximum atomic E-state index is 12.7. The van der Waals surface area contributed by atoms with Gasteiger partial charge in [-0.05, 0) is 12.0 Å². The van der Waals surface area contributed by atoms with Gasteiger partial charge in [0.1, 0.15) is 10.6 Å². The number of hydrogen-bond acceptors (Lipinski definition) is 6. The molecule has 2 heterocycles. The molecule has 1 aliphatic heterocycles. The number of carbonyl (C=O) groups excluding carboxylic acids is 3. The van der Waals surface area contributed by atoms with Gasteiger partial charge in [0.15, 0.2) is 0 Å². The molecular weight excluding hydrogens is 450 g/mol. The summed E-state index contributed by atoms with van der Waals surface area (Å²) in [4.78, 5) is 41.3. The van der Waals surface area contributed by atoms with E-state index in [4.69, 9.17) is 16.3 Å². The topological polar surface area (TPSA) is 79.0 Å². The van der Waals surface area contributed by atoms with Gasteiger partial charge < -0.3 is 15.0 Å². The summed E-state index contributed by atoms with van der Waals surface area (Å²) in [5.41, 5.74) is 1.62. The Balaban J connectivity index is 1.65. The summed E-state index contributed by atoms with van der Waals surface area (Å²) in [7, 11) is 1.31. The van der Waals surface area contributed by atoms with Crippen LogP contribution in [0.2, 0.25) is 5.02 Å². The van der Waals surface area contributed by atoms with E-state index >= 15 is 0 Å². The maximum Gasteiger partial charge on any atom is 0.341 e. The van der Waals surface area contributed by atoms with Crippen LogP contribution in [0.4, 0.5) is 5.00 Å². The highest BCUT2D eigenvalue weighted by molar-refractivity contribution is 7.15. The SMILES string of the molecule is COC(=O)c1c(-c2ccccc2Cl)csc1NC(=O)CN1CCN(C(=O)CC(C)C)CC1. The van der Waals surface area contributed by atoms with E-state index < -0.39 is 5.97 Å². The minimum absolute atomic E-state index is 0.164. The standard InChI is InChI=1S/C23H28ClN3O4S/c1-15(2)12-20(29)27-10-8-26(9-11-27)13-19(28)25-22-21(23(30)31-3)17(14-32-22)16-6-4-5-7-18(16)24/h4-7,14-15H,8-13H2,1-3H3,(H,25,28). The van der Waals surface area contributed by atoms with E-state index in [1.807, 2.05) is 41.8 Å². The van der Waals surface area contributed by atoms with Crippen molar-refractivity contribution in [3.63, 3.8) is 0 Å². The van der Waals surface area contributed by atoms with Crippen molar-refractivity contribution in [1.82, 2.24) is 9.80 Å². The molecule has 1 N–H and O–H groups in total. The first-order chi connectivity index (χ1) is 15.3. The molecule has 1 aliphatic rings. The van der Waals surface area contributed by atoms with Gasteiger partial charge in [0.2, 0.25) is 11.8 Å². The minimum Gasteiger partial charge on any atom is -0.465 e. The van der Waals surface area contributed by atoms with Crippen LogP contribution in [0.25, 0.3) is 11.1 Å². The summed E-state index contributed by atoms with van der Waals surface area (Å²) >= 11 is 7.58. The molecule has 9 heteroatoms. The molecule has 0 atom stereocenters. The van der Waals surface area contributed by atoms with E-state index in [0.717, 1.165) is 0 Å². The van der Waals surface area contributed by atoms with Gasteiger partial charge in [-0.2, -0.15) is 0 Å². The predicted molar refractivity (Wildman–Crippen MR) is 127 cm³/mol. The average molecular weight is 478 g/mol. The molecule has 0 aliphatic carbocycles. The lowest BCUT2D eigenvalue weighted by Gasteiger charge is -2.34. The normalized spacial score (nSPS) is 14.5. The number of amides is 2. The zero-order chi connectivity index (χ0) is 23.3. The Morgan fingerprint density at radius 3 is 2.44 bits per heavy atom. The second kappa shape index (κ2) is 10.9. The predicted octanol–water partition coefficient (Wildman–Crippen LogP) is 3.98. The van der Waals surface area contributed by atoms with Gasteiger partial charge in [-0.1, -0.05) is 43.6 Å². The number of rotatable bonds is 7. The minimum atomic E-state index is -0.534. The zero-order valence-electron chi connectivity index (χ0n) is 18.5. The lowest BCUT2D eigenvalue weighted by atomic mass is 10.0. The summed E-state index contributed by atoms with van der Waals surface area (Å²) in [6.45, 7) is 6.74. The quantitative estimate of drug-likeness (QED) is 0.610. The van der Waals surface area contributed by atoms with Crippen LogP contribution < -0.4 is 5.32 Å². The molecule has 1 saturated heterocycles. The molecule has 0 radical (unpaired) electrons. The Morgan fingerprint density at radius 1 is 1.12 bits per heavy atom. The van der Waals surface area contributed by atoms with E-state index in [1.165, 1.54) is 18.4 Å². The van der Waals surface area contributed by atoms with Crippen molar-refractivity contribution in [2.45, 2.75) is 20.3 Å². The van der Waals surface area contributed by atoms with E-state index in [2.05, 4.69) is 5.32 Å². The fourth-order valence-electron chi connectivity index (χ4n) is 3.64. The van der Waals surface area contributed by atoms with Gasteiger partial charge in [0, 0.05) is 54.1 Å². The van der Waals surface area contributed by atoms with Gasteiger partial charge in [-0.25, -0.2) is 4.79 Å². The molecular formula is C23H28ClN3O4S. The van der Waals surface area contributed by atoms with Crippen LogP contribution in [0, 0.1) is 5.92 Å². The molecule has 2 aromatic rings. The molecule has 2 amide bonds. The lowest BCUT2D eigenvalue weighted by molar-refractivity contribution is -0.133. The zero-order valence-corrected chi connectivity index (χ0v) is 20.1. The Bertz CT molecular complexity index is 983. The van der Waals surface area contributed by atoms with Gasteiger partial charge in [-0.15, -0.1) is 11.3 Å². The Morgan fingerprint density at radius 2 is 1.81 bits per heavy atom. The van der Waals surface area contributed by atoms with E-state index in [9.17, 15) is 14.4 Å². The molecule has 1 fully saturated rings. The molecule has 3 rings (SSSR count). The lowest BCUT2D eigenvalue weighted by Crippen LogP contribution is -2.50. The second-order valence-corrected chi connectivity index (χ2v) is 9.41. The van der Waals surface area contributed by atoms with Crippen molar-refractivity contribution in [1.29, 1.82) is 0 Å². The first-order valence-electron chi connectivity index (χ1n) is 10.5. The van der Waals surface area contributed by atoms with Crippen molar-refractivity contribution in [3.05, 3.63) is 40.2 Å². The average Bonchev–Trinajstić information content (AvgIpc) is 3.16. The third-order valence-corrected chi connectivity index (χ3v) is 6.50. The van der Waals surface area contributed by atoms with Crippen LogP contribution in [0.5, 0.6) is 0 Å². The number of halogens is 1. The highest BCUT2D eigenvalue weighted by Gasteiger charge is 2.26. The summed E-state index contributed by atoms with van der Waals surface area (Å²) in [6, 6.07) is 7.22. The van der Waals surface area contributed by atoms with Crippen molar-refractivity contribution >= 4 is 45.7 Å². The Kier molecular flexibility index (Phi) is 8.28. The number of nitrogens with one attached hydrogen (secondary N) is 1. The molecule has 0 spiro atoms. The first kappa shape index (κ1) is 24.2. The molecule has 0 saturated carbocycles. The number of ether oxygens (including phenoxy) is 1. The summed E-state index contributed by atoms with van der Waals surface area (Å²) in [5.74, 6) is -0.257. The fraction of sp³-hybridized carbons (Fsp3) is 0.435. The molecule has 7 nitrogen and oxygen atoms in total. The highest BCUT2D eigenvalue weighted by Crippen LogP contribution is 2.39. The fourth-order valence-corrected chi connectivity index (χ4v) is 4.84. The number of benzene rings is 1. The van der Waals surface area contributed by atoms with Gasteiger partial charge in [0.25, 0.3) is 0 Å². The van der Waals surface area contributed by atoms with Crippen LogP contribution >= 0.6 is 22.9 Å². The number of esters is 1. The monoisotopic (exact) mass is 477 g/mol. The molecule has 1 aromatic heterocycles. The summed E-state index contributed by atoms with van der Waals surface area (Å²) in [6.07, 6.45) is 0.545. The second-order valence-electron chi connectivity index (χ2n) is 8.13. The third-order valence-electron chi connectivity index (χ3n) is 5.27. The number of hydrogen-bond donors (Lipinski definition) is 1. The van der Waals surface area contributed by atoms with Gasteiger partial charge >= 0.3 is 5.97 Å².